The molecule has 1 heterocycles. The molecule has 0 aliphatic carbocycles. The minimum absolute atomic E-state index is 0.113. The number of nitrogens with zero attached hydrogens (tertiary/aromatic N) is 2. The van der Waals surface area contributed by atoms with Gasteiger partial charge in [0.2, 0.25) is 5.82 Å². The molecule has 106 valence electrons. The SMILES string of the molecule is Cc1ncsc1C(C)Nc1cc([N+](=O)[O-])c(F)cc1F. The number of nitrogens with one attached hydrogen (secondary N) is 1. The Balaban J connectivity index is 2.32. The molecule has 0 saturated carbocycles. The van der Waals surface area contributed by atoms with Gasteiger partial charge in [0.1, 0.15) is 5.82 Å². The maximum Gasteiger partial charge on any atom is 0.307 e. The van der Waals surface area contributed by atoms with Crippen molar-refractivity contribution in [2.45, 2.75) is 19.9 Å². The normalized spacial score (nSPS) is 12.2. The lowest BCUT2D eigenvalue weighted by Crippen LogP contribution is -2.09. The highest BCUT2D eigenvalue weighted by atomic mass is 32.1. The molecule has 1 aromatic heterocycles. The Hall–Kier alpha value is -2.09. The van der Waals surface area contributed by atoms with Gasteiger partial charge in [0, 0.05) is 17.0 Å². The third-order valence-corrected chi connectivity index (χ3v) is 3.89. The highest BCUT2D eigenvalue weighted by Gasteiger charge is 2.20. The smallest absolute Gasteiger partial charge is 0.307 e. The van der Waals surface area contributed by atoms with Crippen LogP contribution in [0, 0.1) is 28.7 Å². The Morgan fingerprint density at radius 2 is 2.10 bits per heavy atom. The molecule has 8 heteroatoms. The summed E-state index contributed by atoms with van der Waals surface area (Å²) in [7, 11) is 0. The van der Waals surface area contributed by atoms with Crippen LogP contribution in [0.5, 0.6) is 0 Å². The molecule has 1 N–H and O–H groups in total. The van der Waals surface area contributed by atoms with Gasteiger partial charge in [0.25, 0.3) is 0 Å². The quantitative estimate of drug-likeness (QED) is 0.688. The number of nitro benzene ring substituents is 1. The van der Waals surface area contributed by atoms with Crippen molar-refractivity contribution in [1.29, 1.82) is 0 Å². The van der Waals surface area contributed by atoms with E-state index < -0.39 is 22.2 Å². The Morgan fingerprint density at radius 1 is 1.40 bits per heavy atom. The number of hydrogen-bond acceptors (Lipinski definition) is 5. The van der Waals surface area contributed by atoms with Gasteiger partial charge in [0.15, 0.2) is 0 Å². The number of benzene rings is 1. The molecule has 1 atom stereocenters. The maximum absolute atomic E-state index is 13.7. The second-order valence-electron chi connectivity index (χ2n) is 4.21. The summed E-state index contributed by atoms with van der Waals surface area (Å²) >= 11 is 1.39. The first kappa shape index (κ1) is 14.3. The van der Waals surface area contributed by atoms with Crippen LogP contribution >= 0.6 is 11.3 Å². The lowest BCUT2D eigenvalue weighted by Gasteiger charge is -2.15. The molecule has 1 unspecified atom stereocenters. The molecule has 0 fully saturated rings. The molecule has 0 spiro atoms. The van der Waals surface area contributed by atoms with Crippen molar-refractivity contribution >= 4 is 22.7 Å². The van der Waals surface area contributed by atoms with Crippen molar-refractivity contribution in [3.63, 3.8) is 0 Å². The van der Waals surface area contributed by atoms with Crippen molar-refractivity contribution < 1.29 is 13.7 Å². The van der Waals surface area contributed by atoms with E-state index in [0.717, 1.165) is 16.6 Å². The first-order chi connectivity index (χ1) is 9.40. The monoisotopic (exact) mass is 299 g/mol. The summed E-state index contributed by atoms with van der Waals surface area (Å²) in [5.41, 5.74) is 1.58. The van der Waals surface area contributed by atoms with Gasteiger partial charge in [-0.1, -0.05) is 0 Å². The van der Waals surface area contributed by atoms with Crippen molar-refractivity contribution in [2.24, 2.45) is 0 Å². The zero-order valence-electron chi connectivity index (χ0n) is 10.7. The van der Waals surface area contributed by atoms with E-state index in [1.807, 2.05) is 6.92 Å². The molecular weight excluding hydrogens is 288 g/mol. The number of hydrogen-bond donors (Lipinski definition) is 1. The fourth-order valence-electron chi connectivity index (χ4n) is 1.81. The van der Waals surface area contributed by atoms with Crippen molar-refractivity contribution in [1.82, 2.24) is 4.98 Å². The van der Waals surface area contributed by atoms with Crippen molar-refractivity contribution in [3.8, 4) is 0 Å². The van der Waals surface area contributed by atoms with E-state index in [4.69, 9.17) is 0 Å². The topological polar surface area (TPSA) is 68.1 Å². The lowest BCUT2D eigenvalue weighted by atomic mass is 10.2. The molecule has 0 saturated heterocycles. The fraction of sp³-hybridized carbons (Fsp3) is 0.250. The summed E-state index contributed by atoms with van der Waals surface area (Å²) in [5, 5.41) is 13.5. The molecule has 2 rings (SSSR count). The third kappa shape index (κ3) is 2.74. The first-order valence-electron chi connectivity index (χ1n) is 5.70. The molecule has 5 nitrogen and oxygen atoms in total. The zero-order valence-corrected chi connectivity index (χ0v) is 11.5. The van der Waals surface area contributed by atoms with E-state index in [-0.39, 0.29) is 11.7 Å². The van der Waals surface area contributed by atoms with E-state index in [1.54, 1.807) is 12.4 Å². The second-order valence-corrected chi connectivity index (χ2v) is 5.09. The third-order valence-electron chi connectivity index (χ3n) is 2.78. The average Bonchev–Trinajstić information content (AvgIpc) is 2.78. The van der Waals surface area contributed by atoms with Gasteiger partial charge in [-0.2, -0.15) is 4.39 Å². The molecule has 0 bridgehead atoms. The summed E-state index contributed by atoms with van der Waals surface area (Å²) in [5.74, 6) is -2.07. The van der Waals surface area contributed by atoms with Crippen molar-refractivity contribution in [2.75, 3.05) is 5.32 Å². The summed E-state index contributed by atoms with van der Waals surface area (Å²) in [6.07, 6.45) is 0. The van der Waals surface area contributed by atoms with E-state index in [2.05, 4.69) is 10.3 Å². The minimum Gasteiger partial charge on any atom is -0.375 e. The van der Waals surface area contributed by atoms with Crippen LogP contribution < -0.4 is 5.32 Å². The Morgan fingerprint density at radius 3 is 2.65 bits per heavy atom. The maximum atomic E-state index is 13.7. The first-order valence-corrected chi connectivity index (χ1v) is 6.58. The number of nitro groups is 1. The van der Waals surface area contributed by atoms with Crippen LogP contribution in [0.2, 0.25) is 0 Å². The largest absolute Gasteiger partial charge is 0.375 e. The highest BCUT2D eigenvalue weighted by molar-refractivity contribution is 7.09. The molecule has 0 radical (unpaired) electrons. The molecule has 0 amide bonds. The Labute approximate surface area is 117 Å². The number of rotatable bonds is 4. The molecular formula is C12H11F2N3O2S. The Bertz CT molecular complexity index is 660. The summed E-state index contributed by atoms with van der Waals surface area (Å²) in [6.45, 7) is 3.59. The van der Waals surface area contributed by atoms with Gasteiger partial charge in [-0.05, 0) is 13.8 Å². The molecule has 20 heavy (non-hydrogen) atoms. The van der Waals surface area contributed by atoms with E-state index in [1.165, 1.54) is 11.3 Å². The van der Waals surface area contributed by atoms with Gasteiger partial charge >= 0.3 is 5.69 Å². The zero-order chi connectivity index (χ0) is 14.9. The van der Waals surface area contributed by atoms with Crippen LogP contribution in [0.4, 0.5) is 20.2 Å². The van der Waals surface area contributed by atoms with Gasteiger partial charge in [-0.15, -0.1) is 11.3 Å². The van der Waals surface area contributed by atoms with Gasteiger partial charge < -0.3 is 5.32 Å². The van der Waals surface area contributed by atoms with Crippen LogP contribution in [0.15, 0.2) is 17.6 Å². The summed E-state index contributed by atoms with van der Waals surface area (Å²) < 4.78 is 26.9. The molecule has 1 aromatic carbocycles. The van der Waals surface area contributed by atoms with Crippen molar-refractivity contribution in [3.05, 3.63) is 50.0 Å². The van der Waals surface area contributed by atoms with E-state index in [9.17, 15) is 18.9 Å². The average molecular weight is 299 g/mol. The number of halogens is 2. The number of anilines is 1. The fourth-order valence-corrected chi connectivity index (χ4v) is 2.62. The van der Waals surface area contributed by atoms with Crippen LogP contribution in [0.3, 0.4) is 0 Å². The van der Waals surface area contributed by atoms with Crippen LogP contribution in [-0.4, -0.2) is 9.91 Å². The van der Waals surface area contributed by atoms with Gasteiger partial charge in [-0.25, -0.2) is 9.37 Å². The number of aromatic nitrogens is 1. The Kier molecular flexibility index (Phi) is 3.93. The number of thiazole rings is 1. The van der Waals surface area contributed by atoms with Gasteiger partial charge in [0.05, 0.1) is 27.9 Å². The standard InChI is InChI=1S/C12H11F2N3O2S/c1-6-12(20-5-15-6)7(2)16-10-4-11(17(18)19)9(14)3-8(10)13/h3-5,7,16H,1-2H3. The summed E-state index contributed by atoms with van der Waals surface area (Å²) in [4.78, 5) is 14.7. The highest BCUT2D eigenvalue weighted by Crippen LogP contribution is 2.30. The van der Waals surface area contributed by atoms with Gasteiger partial charge in [-0.3, -0.25) is 10.1 Å². The van der Waals surface area contributed by atoms with Crippen LogP contribution in [0.1, 0.15) is 23.5 Å². The van der Waals surface area contributed by atoms with Crippen LogP contribution in [0.25, 0.3) is 0 Å². The summed E-state index contributed by atoms with van der Waals surface area (Å²) in [6, 6.07) is 1.08. The predicted molar refractivity (Wildman–Crippen MR) is 71.9 cm³/mol. The minimum atomic E-state index is -1.19. The number of aryl methyl sites for hydroxylation is 1. The second kappa shape index (κ2) is 5.49. The lowest BCUT2D eigenvalue weighted by molar-refractivity contribution is -0.387. The molecule has 0 aliphatic heterocycles. The molecule has 2 aromatic rings. The molecule has 0 aliphatic rings. The van der Waals surface area contributed by atoms with Crippen LogP contribution in [-0.2, 0) is 0 Å². The van der Waals surface area contributed by atoms with E-state index >= 15 is 0 Å². The predicted octanol–water partition coefficient (Wildman–Crippen LogP) is 3.81. The van der Waals surface area contributed by atoms with E-state index in [0.29, 0.717) is 6.07 Å².